The molecule has 1 aromatic carbocycles. The van der Waals surface area contributed by atoms with Gasteiger partial charge in [0.1, 0.15) is 11.7 Å². The molecule has 0 saturated carbocycles. The van der Waals surface area contributed by atoms with E-state index in [2.05, 4.69) is 55.1 Å². The molecule has 2 unspecified atom stereocenters. The summed E-state index contributed by atoms with van der Waals surface area (Å²) in [6, 6.07) is 10.3. The summed E-state index contributed by atoms with van der Waals surface area (Å²) in [6.07, 6.45) is 2.06. The molecular weight excluding hydrogens is 418 g/mol. The molecule has 7 nitrogen and oxygen atoms in total. The Morgan fingerprint density at radius 3 is 2.33 bits per heavy atom. The zero-order valence-electron chi connectivity index (χ0n) is 20.7. The minimum absolute atomic E-state index is 0.0560. The molecular formula is C26H35N3O4. The van der Waals surface area contributed by atoms with Crippen LogP contribution in [-0.2, 0) is 26.7 Å². The van der Waals surface area contributed by atoms with Gasteiger partial charge in [0.15, 0.2) is 5.76 Å². The number of ether oxygens (including phenoxy) is 3. The second-order valence-electron chi connectivity index (χ2n) is 9.59. The van der Waals surface area contributed by atoms with Crippen molar-refractivity contribution in [2.75, 3.05) is 13.4 Å². The Kier molecular flexibility index (Phi) is 7.61. The number of hydrogen-bond acceptors (Lipinski definition) is 6. The number of aryl methyl sites for hydroxylation is 2. The highest BCUT2D eigenvalue weighted by Gasteiger charge is 2.29. The number of carbonyl (C=O) groups excluding carboxylic acids is 1. The fraction of sp³-hybridized carbons (Fsp3) is 0.500. The summed E-state index contributed by atoms with van der Waals surface area (Å²) in [5.41, 5.74) is 4.86. The molecule has 7 heteroatoms. The smallest absolute Gasteiger partial charge is 0.455 e. The largest absolute Gasteiger partial charge is 0.511 e. The summed E-state index contributed by atoms with van der Waals surface area (Å²) < 4.78 is 18.2. The number of aliphatic imine (C=N–C) groups is 1. The minimum atomic E-state index is -0.741. The Bertz CT molecular complexity index is 1020. The maximum atomic E-state index is 12.0. The van der Waals surface area contributed by atoms with Gasteiger partial charge in [0.05, 0.1) is 12.3 Å². The molecule has 0 bridgehead atoms. The quantitative estimate of drug-likeness (QED) is 0.284. The van der Waals surface area contributed by atoms with Crippen molar-refractivity contribution in [2.24, 2.45) is 18.0 Å². The standard InChI is InChI=1S/C26H35N3O4/c1-8-17(2)15-31-25(30)33-16-32-24(22-13-18(3)28-29(22)7)23(21-14-27-21)19-9-11-20(12-10-19)26(4,5)6/h9-14,17,21H,8,15-16H2,1-7H3/b24-23+. The topological polar surface area (TPSA) is 74.9 Å². The highest BCUT2D eigenvalue weighted by atomic mass is 16.8. The molecule has 1 aliphatic rings. The lowest BCUT2D eigenvalue weighted by molar-refractivity contribution is -0.0104. The molecule has 0 radical (unpaired) electrons. The fourth-order valence-corrected chi connectivity index (χ4v) is 3.40. The van der Waals surface area contributed by atoms with Gasteiger partial charge >= 0.3 is 6.16 Å². The normalized spacial score (nSPS) is 16.8. The van der Waals surface area contributed by atoms with Crippen LogP contribution >= 0.6 is 0 Å². The Morgan fingerprint density at radius 1 is 1.15 bits per heavy atom. The maximum absolute atomic E-state index is 12.0. The second-order valence-corrected chi connectivity index (χ2v) is 9.59. The molecule has 2 atom stereocenters. The first-order valence-corrected chi connectivity index (χ1v) is 11.4. The van der Waals surface area contributed by atoms with E-state index in [0.29, 0.717) is 12.4 Å². The summed E-state index contributed by atoms with van der Waals surface area (Å²) in [5.74, 6) is 0.861. The first-order valence-electron chi connectivity index (χ1n) is 11.4. The van der Waals surface area contributed by atoms with Crippen molar-refractivity contribution >= 4 is 23.7 Å². The van der Waals surface area contributed by atoms with Crippen LogP contribution in [0.3, 0.4) is 0 Å². The van der Waals surface area contributed by atoms with Crippen LogP contribution in [0.1, 0.15) is 63.6 Å². The molecule has 1 aliphatic heterocycles. The highest BCUT2D eigenvalue weighted by molar-refractivity contribution is 6.03. The van der Waals surface area contributed by atoms with Gasteiger partial charge in [-0.3, -0.25) is 9.67 Å². The van der Waals surface area contributed by atoms with E-state index < -0.39 is 6.16 Å². The summed E-state index contributed by atoms with van der Waals surface area (Å²) in [4.78, 5) is 16.4. The fourth-order valence-electron chi connectivity index (χ4n) is 3.40. The van der Waals surface area contributed by atoms with Crippen LogP contribution in [-0.4, -0.2) is 41.6 Å². The Labute approximate surface area is 196 Å². The van der Waals surface area contributed by atoms with Crippen molar-refractivity contribution in [1.82, 2.24) is 9.78 Å². The summed E-state index contributed by atoms with van der Waals surface area (Å²) in [7, 11) is 1.86. The molecule has 0 saturated heterocycles. The number of rotatable bonds is 9. The van der Waals surface area contributed by atoms with Crippen LogP contribution in [0.4, 0.5) is 4.79 Å². The van der Waals surface area contributed by atoms with Crippen molar-refractivity contribution < 1.29 is 19.0 Å². The van der Waals surface area contributed by atoms with Crippen LogP contribution in [0, 0.1) is 12.8 Å². The van der Waals surface area contributed by atoms with Crippen molar-refractivity contribution in [2.45, 2.75) is 59.4 Å². The van der Waals surface area contributed by atoms with E-state index in [4.69, 9.17) is 14.2 Å². The van der Waals surface area contributed by atoms with E-state index in [-0.39, 0.29) is 24.2 Å². The van der Waals surface area contributed by atoms with Crippen molar-refractivity contribution in [1.29, 1.82) is 0 Å². The first-order chi connectivity index (χ1) is 15.6. The number of benzene rings is 1. The summed E-state index contributed by atoms with van der Waals surface area (Å²) >= 11 is 0. The van der Waals surface area contributed by atoms with Crippen molar-refractivity contribution in [3.63, 3.8) is 0 Å². The van der Waals surface area contributed by atoms with Gasteiger partial charge in [-0.2, -0.15) is 5.10 Å². The molecule has 0 spiro atoms. The van der Waals surface area contributed by atoms with Gasteiger partial charge in [-0.05, 0) is 35.4 Å². The minimum Gasteiger partial charge on any atom is -0.455 e. The van der Waals surface area contributed by atoms with Gasteiger partial charge < -0.3 is 14.2 Å². The van der Waals surface area contributed by atoms with Crippen molar-refractivity contribution in [3.05, 3.63) is 52.8 Å². The lowest BCUT2D eigenvalue weighted by Crippen LogP contribution is -2.15. The number of hydrogen-bond donors (Lipinski definition) is 0. The number of aromatic nitrogens is 2. The van der Waals surface area contributed by atoms with E-state index in [9.17, 15) is 4.79 Å². The average Bonchev–Trinajstić information content (AvgIpc) is 3.54. The lowest BCUT2D eigenvalue weighted by atomic mass is 9.86. The Hall–Kier alpha value is -3.09. The summed E-state index contributed by atoms with van der Waals surface area (Å²) in [6.45, 7) is 12.6. The lowest BCUT2D eigenvalue weighted by Gasteiger charge is -2.20. The third-order valence-electron chi connectivity index (χ3n) is 5.70. The summed E-state index contributed by atoms with van der Waals surface area (Å²) in [5, 5.41) is 4.46. The molecule has 1 aromatic heterocycles. The Balaban J connectivity index is 1.88. The maximum Gasteiger partial charge on any atom is 0.511 e. The zero-order valence-corrected chi connectivity index (χ0v) is 20.7. The van der Waals surface area contributed by atoms with Crippen LogP contribution in [0.15, 0.2) is 35.3 Å². The van der Waals surface area contributed by atoms with Gasteiger partial charge in [0, 0.05) is 18.8 Å². The predicted octanol–water partition coefficient (Wildman–Crippen LogP) is 5.52. The zero-order chi connectivity index (χ0) is 24.2. The second kappa shape index (κ2) is 10.2. The molecule has 33 heavy (non-hydrogen) atoms. The highest BCUT2D eigenvalue weighted by Crippen LogP contribution is 2.35. The molecule has 0 aliphatic carbocycles. The predicted molar refractivity (Wildman–Crippen MR) is 130 cm³/mol. The van der Waals surface area contributed by atoms with Crippen LogP contribution in [0.2, 0.25) is 0 Å². The number of nitrogens with zero attached hydrogens (tertiary/aromatic N) is 3. The van der Waals surface area contributed by atoms with Gasteiger partial charge in [-0.25, -0.2) is 4.79 Å². The van der Waals surface area contributed by atoms with Crippen LogP contribution in [0.5, 0.6) is 0 Å². The van der Waals surface area contributed by atoms with Gasteiger partial charge in [0.2, 0.25) is 6.79 Å². The van der Waals surface area contributed by atoms with E-state index >= 15 is 0 Å². The Morgan fingerprint density at radius 2 is 1.82 bits per heavy atom. The van der Waals surface area contributed by atoms with Crippen LogP contribution in [0.25, 0.3) is 11.3 Å². The SMILES string of the molecule is CCC(C)COC(=O)OCO/C(=C(\c1ccc(C(C)(C)C)cc1)C1C=N1)c1cc(C)nn1C. The molecule has 2 heterocycles. The molecule has 3 rings (SSSR count). The van der Waals surface area contributed by atoms with E-state index in [0.717, 1.165) is 28.9 Å². The van der Waals surface area contributed by atoms with E-state index in [1.54, 1.807) is 4.68 Å². The molecule has 0 amide bonds. The first kappa shape index (κ1) is 24.6. The van der Waals surface area contributed by atoms with Gasteiger partial charge in [0.25, 0.3) is 0 Å². The molecule has 178 valence electrons. The van der Waals surface area contributed by atoms with Gasteiger partial charge in [-0.15, -0.1) is 0 Å². The van der Waals surface area contributed by atoms with E-state index in [1.165, 1.54) is 5.56 Å². The third-order valence-corrected chi connectivity index (χ3v) is 5.70. The average molecular weight is 454 g/mol. The molecule has 2 aromatic rings. The number of carbonyl (C=O) groups is 1. The molecule has 0 N–H and O–H groups in total. The monoisotopic (exact) mass is 453 g/mol. The van der Waals surface area contributed by atoms with Crippen molar-refractivity contribution in [3.8, 4) is 0 Å². The van der Waals surface area contributed by atoms with Crippen LogP contribution < -0.4 is 0 Å². The molecule has 0 fully saturated rings. The third kappa shape index (κ3) is 6.46. The van der Waals surface area contributed by atoms with E-state index in [1.807, 2.05) is 40.1 Å². The van der Waals surface area contributed by atoms with Gasteiger partial charge in [-0.1, -0.05) is 65.3 Å².